The second kappa shape index (κ2) is 6.04. The molecule has 1 aliphatic heterocycles. The van der Waals surface area contributed by atoms with Gasteiger partial charge in [-0.25, -0.2) is 4.98 Å². The monoisotopic (exact) mass is 340 g/mol. The molecule has 2 N–H and O–H groups in total. The molecule has 0 aromatic carbocycles. The average Bonchev–Trinajstić information content (AvgIpc) is 3.09. The third kappa shape index (κ3) is 2.65. The molecule has 0 spiro atoms. The Balaban J connectivity index is 1.52. The van der Waals surface area contributed by atoms with Gasteiger partial charge in [-0.05, 0) is 23.6 Å². The number of nitrogens with zero attached hydrogens (tertiary/aromatic N) is 5. The summed E-state index contributed by atoms with van der Waals surface area (Å²) in [5, 5.41) is 3.00. The van der Waals surface area contributed by atoms with Crippen molar-refractivity contribution in [1.29, 1.82) is 0 Å². The van der Waals surface area contributed by atoms with E-state index in [1.54, 1.807) is 29.7 Å². The molecule has 0 radical (unpaired) electrons. The van der Waals surface area contributed by atoms with Crippen LogP contribution in [0.4, 0.5) is 11.8 Å². The van der Waals surface area contributed by atoms with Gasteiger partial charge >= 0.3 is 0 Å². The predicted molar refractivity (Wildman–Crippen MR) is 94.2 cm³/mol. The van der Waals surface area contributed by atoms with E-state index in [1.807, 2.05) is 22.4 Å². The lowest BCUT2D eigenvalue weighted by Crippen LogP contribution is -2.49. The zero-order valence-corrected chi connectivity index (χ0v) is 13.7. The molecule has 1 saturated heterocycles. The normalized spacial score (nSPS) is 15.0. The van der Waals surface area contributed by atoms with Crippen LogP contribution in [0, 0.1) is 0 Å². The smallest absolute Gasteiger partial charge is 0.272 e. The summed E-state index contributed by atoms with van der Waals surface area (Å²) in [4.78, 5) is 30.2. The lowest BCUT2D eigenvalue weighted by molar-refractivity contribution is 0.0740. The number of amides is 1. The lowest BCUT2D eigenvalue weighted by atomic mass is 10.2. The summed E-state index contributed by atoms with van der Waals surface area (Å²) in [7, 11) is 0. The number of piperazine rings is 1. The minimum absolute atomic E-state index is 0.0295. The van der Waals surface area contributed by atoms with Gasteiger partial charge in [0, 0.05) is 32.4 Å². The minimum Gasteiger partial charge on any atom is -0.368 e. The van der Waals surface area contributed by atoms with E-state index in [2.05, 4.69) is 19.9 Å². The Morgan fingerprint density at radius 3 is 2.71 bits per heavy atom. The third-order valence-electron chi connectivity index (χ3n) is 4.07. The molecule has 0 aliphatic carbocycles. The second-order valence-corrected chi connectivity index (χ2v) is 6.43. The fourth-order valence-electron chi connectivity index (χ4n) is 2.87. The van der Waals surface area contributed by atoms with Gasteiger partial charge in [-0.3, -0.25) is 9.78 Å². The van der Waals surface area contributed by atoms with Gasteiger partial charge in [-0.1, -0.05) is 6.07 Å². The van der Waals surface area contributed by atoms with Crippen molar-refractivity contribution >= 4 is 39.2 Å². The molecule has 0 bridgehead atoms. The molecule has 1 amide bonds. The Bertz CT molecular complexity index is 873. The largest absolute Gasteiger partial charge is 0.368 e. The Morgan fingerprint density at radius 2 is 1.96 bits per heavy atom. The number of fused-ring (bicyclic) bond motifs is 1. The van der Waals surface area contributed by atoms with Gasteiger partial charge in [0.1, 0.15) is 16.3 Å². The van der Waals surface area contributed by atoms with Crippen LogP contribution in [0.2, 0.25) is 0 Å². The van der Waals surface area contributed by atoms with E-state index in [0.717, 1.165) is 16.0 Å². The molecule has 8 heteroatoms. The maximum Gasteiger partial charge on any atom is 0.272 e. The van der Waals surface area contributed by atoms with Crippen LogP contribution in [0.15, 0.2) is 35.8 Å². The summed E-state index contributed by atoms with van der Waals surface area (Å²) in [6.45, 7) is 2.68. The SMILES string of the molecule is Nc1nc(N2CCN(C(=O)c3ccccn3)CC2)c2ccsc2n1. The number of carbonyl (C=O) groups is 1. The molecular weight excluding hydrogens is 324 g/mol. The van der Waals surface area contributed by atoms with Crippen molar-refractivity contribution in [2.75, 3.05) is 36.8 Å². The number of hydrogen-bond acceptors (Lipinski definition) is 7. The molecule has 4 heterocycles. The maximum absolute atomic E-state index is 12.5. The minimum atomic E-state index is -0.0295. The molecule has 3 aromatic heterocycles. The summed E-state index contributed by atoms with van der Waals surface area (Å²) in [6, 6.07) is 7.39. The quantitative estimate of drug-likeness (QED) is 0.763. The molecule has 0 unspecified atom stereocenters. The van der Waals surface area contributed by atoms with Crippen molar-refractivity contribution < 1.29 is 4.79 Å². The van der Waals surface area contributed by atoms with Gasteiger partial charge in [-0.2, -0.15) is 4.98 Å². The first-order valence-electron chi connectivity index (χ1n) is 7.68. The fraction of sp³-hybridized carbons (Fsp3) is 0.250. The highest BCUT2D eigenvalue weighted by Gasteiger charge is 2.25. The first kappa shape index (κ1) is 14.8. The summed E-state index contributed by atoms with van der Waals surface area (Å²) in [5.41, 5.74) is 6.31. The van der Waals surface area contributed by atoms with E-state index in [-0.39, 0.29) is 11.9 Å². The number of rotatable bonds is 2. The van der Waals surface area contributed by atoms with Crippen molar-refractivity contribution in [1.82, 2.24) is 19.9 Å². The molecule has 4 rings (SSSR count). The van der Waals surface area contributed by atoms with Crippen molar-refractivity contribution in [3.05, 3.63) is 41.5 Å². The van der Waals surface area contributed by atoms with E-state index in [1.165, 1.54) is 0 Å². The number of anilines is 2. The molecule has 7 nitrogen and oxygen atoms in total. The third-order valence-corrected chi connectivity index (χ3v) is 4.88. The lowest BCUT2D eigenvalue weighted by Gasteiger charge is -2.35. The predicted octanol–water partition coefficient (Wildman–Crippen LogP) is 1.63. The van der Waals surface area contributed by atoms with E-state index >= 15 is 0 Å². The Kier molecular flexibility index (Phi) is 3.73. The maximum atomic E-state index is 12.5. The zero-order chi connectivity index (χ0) is 16.5. The molecule has 0 atom stereocenters. The van der Waals surface area contributed by atoms with Gasteiger partial charge in [0.2, 0.25) is 5.95 Å². The molecule has 1 fully saturated rings. The fourth-order valence-corrected chi connectivity index (χ4v) is 3.64. The van der Waals surface area contributed by atoms with Gasteiger partial charge in [0.25, 0.3) is 5.91 Å². The molecule has 0 saturated carbocycles. The zero-order valence-electron chi connectivity index (χ0n) is 12.9. The van der Waals surface area contributed by atoms with Crippen LogP contribution in [0.25, 0.3) is 10.2 Å². The van der Waals surface area contributed by atoms with Crippen LogP contribution in [0.3, 0.4) is 0 Å². The number of nitrogen functional groups attached to an aromatic ring is 1. The Hall–Kier alpha value is -2.74. The second-order valence-electron chi connectivity index (χ2n) is 5.54. The number of pyridine rings is 1. The van der Waals surface area contributed by atoms with Crippen LogP contribution in [-0.4, -0.2) is 51.9 Å². The molecule has 122 valence electrons. The van der Waals surface area contributed by atoms with Gasteiger partial charge in [0.05, 0.1) is 5.39 Å². The first-order chi connectivity index (χ1) is 11.7. The number of nitrogens with two attached hydrogens (primary N) is 1. The van der Waals surface area contributed by atoms with E-state index in [0.29, 0.717) is 31.9 Å². The van der Waals surface area contributed by atoms with Gasteiger partial charge < -0.3 is 15.5 Å². The van der Waals surface area contributed by atoms with Crippen LogP contribution >= 0.6 is 11.3 Å². The first-order valence-corrected chi connectivity index (χ1v) is 8.56. The average molecular weight is 340 g/mol. The van der Waals surface area contributed by atoms with Crippen LogP contribution in [0.1, 0.15) is 10.5 Å². The Morgan fingerprint density at radius 1 is 1.12 bits per heavy atom. The van der Waals surface area contributed by atoms with Crippen molar-refractivity contribution in [3.8, 4) is 0 Å². The number of thiophene rings is 1. The Labute approximate surface area is 142 Å². The highest BCUT2D eigenvalue weighted by Crippen LogP contribution is 2.29. The van der Waals surface area contributed by atoms with E-state index in [9.17, 15) is 4.79 Å². The highest BCUT2D eigenvalue weighted by molar-refractivity contribution is 7.16. The molecular formula is C16H16N6OS. The standard InChI is InChI=1S/C16H16N6OS/c17-16-19-13(11-4-10-24-14(11)20-16)21-6-8-22(9-7-21)15(23)12-3-1-2-5-18-12/h1-5,10H,6-9H2,(H2,17,19,20). The number of carbonyl (C=O) groups excluding carboxylic acids is 1. The molecule has 3 aromatic rings. The van der Waals surface area contributed by atoms with Gasteiger partial charge in [-0.15, -0.1) is 11.3 Å². The molecule has 24 heavy (non-hydrogen) atoms. The molecule has 1 aliphatic rings. The summed E-state index contributed by atoms with van der Waals surface area (Å²) >= 11 is 1.55. The number of hydrogen-bond donors (Lipinski definition) is 1. The van der Waals surface area contributed by atoms with Crippen molar-refractivity contribution in [2.24, 2.45) is 0 Å². The van der Waals surface area contributed by atoms with Crippen LogP contribution in [-0.2, 0) is 0 Å². The summed E-state index contributed by atoms with van der Waals surface area (Å²) in [6.07, 6.45) is 1.64. The van der Waals surface area contributed by atoms with E-state index in [4.69, 9.17) is 5.73 Å². The highest BCUT2D eigenvalue weighted by atomic mass is 32.1. The van der Waals surface area contributed by atoms with Crippen LogP contribution < -0.4 is 10.6 Å². The van der Waals surface area contributed by atoms with Crippen LogP contribution in [0.5, 0.6) is 0 Å². The van der Waals surface area contributed by atoms with E-state index < -0.39 is 0 Å². The van der Waals surface area contributed by atoms with Gasteiger partial charge in [0.15, 0.2) is 0 Å². The topological polar surface area (TPSA) is 88.2 Å². The summed E-state index contributed by atoms with van der Waals surface area (Å²) in [5.74, 6) is 1.11. The number of aromatic nitrogens is 3. The van der Waals surface area contributed by atoms with Crippen molar-refractivity contribution in [3.63, 3.8) is 0 Å². The summed E-state index contributed by atoms with van der Waals surface area (Å²) < 4.78 is 0. The van der Waals surface area contributed by atoms with Crippen molar-refractivity contribution in [2.45, 2.75) is 0 Å².